The first kappa shape index (κ1) is 18.0. The Bertz CT molecular complexity index is 660. The van der Waals surface area contributed by atoms with Crippen molar-refractivity contribution in [3.63, 3.8) is 0 Å². The van der Waals surface area contributed by atoms with Crippen LogP contribution in [0.25, 0.3) is 0 Å². The van der Waals surface area contributed by atoms with Crippen molar-refractivity contribution >= 4 is 35.0 Å². The number of carboxylic acid groups (broad SMARTS) is 1. The fraction of sp³-hybridized carbons (Fsp3) is 0.375. The number of aliphatic carboxylic acids is 1. The summed E-state index contributed by atoms with van der Waals surface area (Å²) in [5.74, 6) is -0.660. The summed E-state index contributed by atoms with van der Waals surface area (Å²) in [7, 11) is 0. The van der Waals surface area contributed by atoms with Gasteiger partial charge in [0.1, 0.15) is 11.0 Å². The fourth-order valence-electron chi connectivity index (χ4n) is 1.93. The average Bonchev–Trinajstić information content (AvgIpc) is 2.88. The van der Waals surface area contributed by atoms with Crippen LogP contribution >= 0.6 is 11.8 Å². The number of hydrogen-bond acceptors (Lipinski definition) is 6. The van der Waals surface area contributed by atoms with Crippen LogP contribution < -0.4 is 10.1 Å². The van der Waals surface area contributed by atoms with Gasteiger partial charge < -0.3 is 15.2 Å². The van der Waals surface area contributed by atoms with Gasteiger partial charge in [-0.2, -0.15) is 5.10 Å². The zero-order valence-corrected chi connectivity index (χ0v) is 14.1. The number of rotatable bonds is 8. The summed E-state index contributed by atoms with van der Waals surface area (Å²) in [6.45, 7) is 2.73. The van der Waals surface area contributed by atoms with E-state index in [0.717, 1.165) is 35.9 Å². The molecule has 2 rings (SSSR count). The second-order valence-corrected chi connectivity index (χ2v) is 6.27. The number of carbonyl (C=O) groups excluding carboxylic acids is 1. The normalized spacial score (nSPS) is 19.0. The molecule has 0 saturated carbocycles. The van der Waals surface area contributed by atoms with Gasteiger partial charge in [0.25, 0.3) is 0 Å². The average molecular weight is 349 g/mol. The third-order valence-corrected chi connectivity index (χ3v) is 4.23. The van der Waals surface area contributed by atoms with Crippen molar-refractivity contribution in [1.82, 2.24) is 5.32 Å². The number of hydrogen-bond donors (Lipinski definition) is 2. The van der Waals surface area contributed by atoms with E-state index in [-0.39, 0.29) is 12.3 Å². The van der Waals surface area contributed by atoms with E-state index in [1.54, 1.807) is 6.21 Å². The molecule has 1 aromatic carbocycles. The van der Waals surface area contributed by atoms with Gasteiger partial charge in [-0.3, -0.25) is 9.59 Å². The summed E-state index contributed by atoms with van der Waals surface area (Å²) in [5, 5.41) is 18.8. The molecule has 8 heteroatoms. The number of carbonyl (C=O) groups is 2. The van der Waals surface area contributed by atoms with Crippen molar-refractivity contribution in [3.05, 3.63) is 29.8 Å². The fourth-order valence-corrected chi connectivity index (χ4v) is 2.85. The van der Waals surface area contributed by atoms with Gasteiger partial charge >= 0.3 is 5.97 Å². The van der Waals surface area contributed by atoms with Crippen molar-refractivity contribution in [2.75, 3.05) is 6.61 Å². The number of unbranched alkanes of at least 4 members (excludes halogenated alkanes) is 1. The van der Waals surface area contributed by atoms with E-state index in [0.29, 0.717) is 11.8 Å². The first-order valence-electron chi connectivity index (χ1n) is 7.62. The largest absolute Gasteiger partial charge is 0.493 e. The number of thioether (sulfide) groups is 1. The van der Waals surface area contributed by atoms with Crippen molar-refractivity contribution in [3.8, 4) is 5.75 Å². The second kappa shape index (κ2) is 9.07. The van der Waals surface area contributed by atoms with E-state index in [1.807, 2.05) is 24.3 Å². The number of ether oxygens (including phenoxy) is 1. The number of amidine groups is 1. The molecule has 0 radical (unpaired) electrons. The van der Waals surface area contributed by atoms with Crippen molar-refractivity contribution < 1.29 is 19.4 Å². The molecule has 1 atom stereocenters. The van der Waals surface area contributed by atoms with Crippen molar-refractivity contribution in [2.45, 2.75) is 31.4 Å². The maximum Gasteiger partial charge on any atom is 0.305 e. The molecule has 1 aromatic rings. The highest BCUT2D eigenvalue weighted by molar-refractivity contribution is 8.15. The SMILES string of the molecule is CCCCOc1ccccc1/C=N/N=C1\NC(=O)C(CC(=O)O)S1. The van der Waals surface area contributed by atoms with E-state index >= 15 is 0 Å². The second-order valence-electron chi connectivity index (χ2n) is 5.08. The van der Waals surface area contributed by atoms with Gasteiger partial charge in [0.2, 0.25) is 5.91 Å². The smallest absolute Gasteiger partial charge is 0.305 e. The lowest BCUT2D eigenvalue weighted by Crippen LogP contribution is -2.26. The summed E-state index contributed by atoms with van der Waals surface area (Å²) < 4.78 is 5.70. The van der Waals surface area contributed by atoms with Gasteiger partial charge in [-0.05, 0) is 18.6 Å². The van der Waals surface area contributed by atoms with Crippen LogP contribution in [-0.2, 0) is 9.59 Å². The molecule has 0 aromatic heterocycles. The Morgan fingerprint density at radius 2 is 2.25 bits per heavy atom. The molecule has 1 saturated heterocycles. The maximum atomic E-state index is 11.6. The van der Waals surface area contributed by atoms with Crippen LogP contribution in [0.4, 0.5) is 0 Å². The lowest BCUT2D eigenvalue weighted by molar-refractivity contribution is -0.138. The van der Waals surface area contributed by atoms with E-state index in [9.17, 15) is 9.59 Å². The number of amides is 1. The summed E-state index contributed by atoms with van der Waals surface area (Å²) >= 11 is 1.07. The lowest BCUT2D eigenvalue weighted by atomic mass is 10.2. The zero-order chi connectivity index (χ0) is 17.4. The number of para-hydroxylation sites is 1. The maximum absolute atomic E-state index is 11.6. The highest BCUT2D eigenvalue weighted by Crippen LogP contribution is 2.22. The Morgan fingerprint density at radius 1 is 1.46 bits per heavy atom. The Labute approximate surface area is 144 Å². The molecule has 0 bridgehead atoms. The molecule has 1 amide bonds. The van der Waals surface area contributed by atoms with E-state index in [4.69, 9.17) is 9.84 Å². The summed E-state index contributed by atoms with van der Waals surface area (Å²) in [4.78, 5) is 22.3. The van der Waals surface area contributed by atoms with Crippen LogP contribution in [0.1, 0.15) is 31.7 Å². The minimum absolute atomic E-state index is 0.243. The van der Waals surface area contributed by atoms with Crippen LogP contribution in [-0.4, -0.2) is 40.2 Å². The van der Waals surface area contributed by atoms with Crippen molar-refractivity contribution in [1.29, 1.82) is 0 Å². The third kappa shape index (κ3) is 5.38. The minimum atomic E-state index is -1.02. The first-order chi connectivity index (χ1) is 11.6. The molecule has 1 fully saturated rings. The highest BCUT2D eigenvalue weighted by atomic mass is 32.2. The van der Waals surface area contributed by atoms with E-state index < -0.39 is 11.2 Å². The van der Waals surface area contributed by atoms with Gasteiger partial charge in [0.15, 0.2) is 5.17 Å². The minimum Gasteiger partial charge on any atom is -0.493 e. The topological polar surface area (TPSA) is 100 Å². The molecule has 2 N–H and O–H groups in total. The van der Waals surface area contributed by atoms with Crippen LogP contribution in [0.5, 0.6) is 5.75 Å². The molecular formula is C16H19N3O4S. The van der Waals surface area contributed by atoms with E-state index in [1.165, 1.54) is 0 Å². The van der Waals surface area contributed by atoms with Gasteiger partial charge in [-0.15, -0.1) is 5.10 Å². The summed E-state index contributed by atoms with van der Waals surface area (Å²) in [6.07, 6.45) is 3.33. The third-order valence-electron chi connectivity index (χ3n) is 3.16. The molecule has 1 heterocycles. The van der Waals surface area contributed by atoms with Crippen molar-refractivity contribution in [2.24, 2.45) is 10.2 Å². The number of benzene rings is 1. The summed E-state index contributed by atoms with van der Waals surface area (Å²) in [6, 6.07) is 7.47. The summed E-state index contributed by atoms with van der Waals surface area (Å²) in [5.41, 5.74) is 0.786. The monoisotopic (exact) mass is 349 g/mol. The van der Waals surface area contributed by atoms with Gasteiger partial charge in [-0.25, -0.2) is 0 Å². The molecule has 1 aliphatic heterocycles. The molecular weight excluding hydrogens is 330 g/mol. The molecule has 0 spiro atoms. The quantitative estimate of drug-likeness (QED) is 0.426. The zero-order valence-electron chi connectivity index (χ0n) is 13.3. The van der Waals surface area contributed by atoms with Crippen LogP contribution in [0.3, 0.4) is 0 Å². The number of nitrogens with one attached hydrogen (secondary N) is 1. The lowest BCUT2D eigenvalue weighted by Gasteiger charge is -2.07. The Kier molecular flexibility index (Phi) is 6.80. The predicted octanol–water partition coefficient (Wildman–Crippen LogP) is 2.26. The standard InChI is InChI=1S/C16H19N3O4S/c1-2-3-8-23-12-7-5-4-6-11(12)10-17-19-16-18-15(22)13(24-16)9-14(20)21/h4-7,10,13H,2-3,8-9H2,1H3,(H,20,21)(H,18,19,22)/b17-10+. The first-order valence-corrected chi connectivity index (χ1v) is 8.50. The molecule has 24 heavy (non-hydrogen) atoms. The molecule has 128 valence electrons. The van der Waals surface area contributed by atoms with E-state index in [2.05, 4.69) is 22.4 Å². The Balaban J connectivity index is 1.99. The molecule has 0 aliphatic carbocycles. The molecule has 1 unspecified atom stereocenters. The molecule has 7 nitrogen and oxygen atoms in total. The van der Waals surface area contributed by atoms with Crippen LogP contribution in [0.2, 0.25) is 0 Å². The van der Waals surface area contributed by atoms with Gasteiger partial charge in [0, 0.05) is 5.56 Å². The van der Waals surface area contributed by atoms with Gasteiger partial charge in [0.05, 0.1) is 19.2 Å². The Morgan fingerprint density at radius 3 is 3.00 bits per heavy atom. The van der Waals surface area contributed by atoms with Gasteiger partial charge in [-0.1, -0.05) is 37.2 Å². The number of nitrogens with zero attached hydrogens (tertiary/aromatic N) is 2. The van der Waals surface area contributed by atoms with Crippen LogP contribution in [0.15, 0.2) is 34.5 Å². The van der Waals surface area contributed by atoms with Crippen LogP contribution in [0, 0.1) is 0 Å². The highest BCUT2D eigenvalue weighted by Gasteiger charge is 2.32. The molecule has 1 aliphatic rings. The Hall–Kier alpha value is -2.35. The predicted molar refractivity (Wildman–Crippen MR) is 93.6 cm³/mol. The number of carboxylic acids is 1.